The van der Waals surface area contributed by atoms with Crippen LogP contribution in [0.4, 0.5) is 0 Å². The molecule has 0 aromatic carbocycles. The molecular weight excluding hydrogens is 236 g/mol. The Morgan fingerprint density at radius 2 is 2.27 bits per heavy atom. The van der Waals surface area contributed by atoms with Gasteiger partial charge >= 0.3 is 5.97 Å². The Balaban J connectivity index is 2.37. The van der Waals surface area contributed by atoms with E-state index in [0.717, 1.165) is 17.1 Å². The maximum Gasteiger partial charge on any atom is 0.347 e. The molecule has 15 heavy (non-hydrogen) atoms. The van der Waals surface area contributed by atoms with E-state index < -0.39 is 5.97 Å². The van der Waals surface area contributed by atoms with Crippen molar-refractivity contribution in [2.75, 3.05) is 0 Å². The summed E-state index contributed by atoms with van der Waals surface area (Å²) in [6.45, 7) is 0. The molecule has 0 aliphatic heterocycles. The van der Waals surface area contributed by atoms with Crippen molar-refractivity contribution in [2.24, 2.45) is 0 Å². The van der Waals surface area contributed by atoms with E-state index in [9.17, 15) is 4.79 Å². The second-order valence-electron chi connectivity index (χ2n) is 2.75. The zero-order chi connectivity index (χ0) is 10.8. The Bertz CT molecular complexity index is 495. The van der Waals surface area contributed by atoms with Gasteiger partial charge in [0, 0.05) is 11.8 Å². The number of pyridine rings is 1. The number of hydrogen-bond acceptors (Lipinski definition) is 4. The molecule has 76 valence electrons. The smallest absolute Gasteiger partial charge is 0.347 e. The fourth-order valence-electron chi connectivity index (χ4n) is 1.04. The zero-order valence-corrected chi connectivity index (χ0v) is 8.92. The van der Waals surface area contributed by atoms with E-state index in [1.807, 2.05) is 0 Å². The summed E-state index contributed by atoms with van der Waals surface area (Å²) >= 11 is 6.58. The third kappa shape index (κ3) is 2.14. The average molecular weight is 241 g/mol. The Morgan fingerprint density at radius 3 is 2.80 bits per heavy atom. The van der Waals surface area contributed by atoms with Gasteiger partial charge in [0.15, 0.2) is 0 Å². The second kappa shape index (κ2) is 3.96. The van der Waals surface area contributed by atoms with Crippen molar-refractivity contribution in [1.82, 2.24) is 9.36 Å². The molecule has 6 heteroatoms. The lowest BCUT2D eigenvalue weighted by Gasteiger charge is -1.94. The van der Waals surface area contributed by atoms with Crippen LogP contribution in [0.15, 0.2) is 24.4 Å². The lowest BCUT2D eigenvalue weighted by Crippen LogP contribution is -1.90. The van der Waals surface area contributed by atoms with Gasteiger partial charge < -0.3 is 5.11 Å². The van der Waals surface area contributed by atoms with Crippen molar-refractivity contribution >= 4 is 29.1 Å². The standard InChI is InChI=1S/C9H5ClN2O2S/c10-8-2-1-5(4-11-8)6-3-7(9(13)14)15-12-6/h1-4H,(H,13,14). The number of aromatic nitrogens is 2. The van der Waals surface area contributed by atoms with Gasteiger partial charge in [0.2, 0.25) is 0 Å². The number of carbonyl (C=O) groups is 1. The molecular formula is C9H5ClN2O2S. The highest BCUT2D eigenvalue weighted by Gasteiger charge is 2.09. The number of carboxylic acids is 1. The number of hydrogen-bond donors (Lipinski definition) is 1. The monoisotopic (exact) mass is 240 g/mol. The summed E-state index contributed by atoms with van der Waals surface area (Å²) in [5, 5.41) is 9.12. The molecule has 0 saturated carbocycles. The Morgan fingerprint density at radius 1 is 1.47 bits per heavy atom. The lowest BCUT2D eigenvalue weighted by molar-refractivity contribution is 0.0702. The van der Waals surface area contributed by atoms with E-state index in [1.54, 1.807) is 18.3 Å². The molecule has 0 aliphatic rings. The largest absolute Gasteiger partial charge is 0.477 e. The SMILES string of the molecule is O=C(O)c1cc(-c2ccc(Cl)nc2)ns1. The van der Waals surface area contributed by atoms with Crippen LogP contribution >= 0.6 is 23.1 Å². The second-order valence-corrected chi connectivity index (χ2v) is 3.94. The van der Waals surface area contributed by atoms with Crippen LogP contribution in [0.1, 0.15) is 9.67 Å². The van der Waals surface area contributed by atoms with E-state index in [2.05, 4.69) is 9.36 Å². The van der Waals surface area contributed by atoms with Crippen molar-refractivity contribution < 1.29 is 9.90 Å². The molecule has 0 radical (unpaired) electrons. The molecule has 2 aromatic heterocycles. The maximum absolute atomic E-state index is 10.6. The van der Waals surface area contributed by atoms with Crippen LogP contribution in [0.3, 0.4) is 0 Å². The van der Waals surface area contributed by atoms with Gasteiger partial charge in [-0.3, -0.25) is 0 Å². The first-order chi connectivity index (χ1) is 7.16. The van der Waals surface area contributed by atoms with Crippen molar-refractivity contribution in [3.05, 3.63) is 34.4 Å². The summed E-state index contributed by atoms with van der Waals surface area (Å²) < 4.78 is 4.02. The predicted molar refractivity (Wildman–Crippen MR) is 57.3 cm³/mol. The molecule has 0 fully saturated rings. The summed E-state index contributed by atoms with van der Waals surface area (Å²) in [6.07, 6.45) is 1.56. The van der Waals surface area contributed by atoms with Crippen molar-refractivity contribution in [2.45, 2.75) is 0 Å². The van der Waals surface area contributed by atoms with Gasteiger partial charge in [-0.1, -0.05) is 11.6 Å². The normalized spacial score (nSPS) is 10.2. The van der Waals surface area contributed by atoms with Gasteiger partial charge in [-0.15, -0.1) is 0 Å². The number of carboxylic acid groups (broad SMARTS) is 1. The summed E-state index contributed by atoms with van der Waals surface area (Å²) in [5.74, 6) is -0.972. The quantitative estimate of drug-likeness (QED) is 0.820. The summed E-state index contributed by atoms with van der Waals surface area (Å²) in [7, 11) is 0. The molecule has 0 unspecified atom stereocenters. The van der Waals surface area contributed by atoms with Gasteiger partial charge in [-0.2, -0.15) is 4.37 Å². The van der Waals surface area contributed by atoms with Crippen LogP contribution in [0.25, 0.3) is 11.3 Å². The molecule has 2 aromatic rings. The van der Waals surface area contributed by atoms with Crippen LogP contribution < -0.4 is 0 Å². The maximum atomic E-state index is 10.6. The first-order valence-corrected chi connectivity index (χ1v) is 5.14. The van der Waals surface area contributed by atoms with Crippen LogP contribution in [-0.2, 0) is 0 Å². The highest BCUT2D eigenvalue weighted by molar-refractivity contribution is 7.08. The molecule has 0 saturated heterocycles. The van der Waals surface area contributed by atoms with E-state index in [-0.39, 0.29) is 4.88 Å². The summed E-state index contributed by atoms with van der Waals surface area (Å²) in [4.78, 5) is 14.7. The van der Waals surface area contributed by atoms with Crippen molar-refractivity contribution in [1.29, 1.82) is 0 Å². The average Bonchev–Trinajstić information content (AvgIpc) is 2.68. The minimum absolute atomic E-state index is 0.208. The zero-order valence-electron chi connectivity index (χ0n) is 7.35. The minimum Gasteiger partial charge on any atom is -0.477 e. The van der Waals surface area contributed by atoms with E-state index >= 15 is 0 Å². The minimum atomic E-state index is -0.972. The predicted octanol–water partition coefficient (Wildman–Crippen LogP) is 2.56. The van der Waals surface area contributed by atoms with Gasteiger partial charge in [0.25, 0.3) is 0 Å². The fraction of sp³-hybridized carbons (Fsp3) is 0. The molecule has 0 aliphatic carbocycles. The van der Waals surface area contributed by atoms with Crippen molar-refractivity contribution in [3.8, 4) is 11.3 Å². The molecule has 0 spiro atoms. The molecule has 0 bridgehead atoms. The number of aromatic carboxylic acids is 1. The van der Waals surface area contributed by atoms with Gasteiger partial charge in [-0.05, 0) is 29.7 Å². The van der Waals surface area contributed by atoms with Crippen LogP contribution in [-0.4, -0.2) is 20.4 Å². The Hall–Kier alpha value is -1.46. The topological polar surface area (TPSA) is 63.1 Å². The van der Waals surface area contributed by atoms with Crippen LogP contribution in [0.2, 0.25) is 5.15 Å². The Kier molecular flexibility index (Phi) is 2.66. The molecule has 1 N–H and O–H groups in total. The van der Waals surface area contributed by atoms with Crippen LogP contribution in [0.5, 0.6) is 0 Å². The number of halogens is 1. The molecule has 0 amide bonds. The number of rotatable bonds is 2. The van der Waals surface area contributed by atoms with Gasteiger partial charge in [0.05, 0.1) is 5.69 Å². The van der Waals surface area contributed by atoms with Crippen LogP contribution in [0, 0.1) is 0 Å². The molecule has 0 atom stereocenters. The molecule has 2 heterocycles. The van der Waals surface area contributed by atoms with Crippen molar-refractivity contribution in [3.63, 3.8) is 0 Å². The Labute approximate surface area is 94.3 Å². The first-order valence-electron chi connectivity index (χ1n) is 3.99. The van der Waals surface area contributed by atoms with E-state index in [1.165, 1.54) is 6.07 Å². The molecule has 4 nitrogen and oxygen atoms in total. The first kappa shape index (κ1) is 10.1. The fourth-order valence-corrected chi connectivity index (χ4v) is 1.75. The van der Waals surface area contributed by atoms with Gasteiger partial charge in [-0.25, -0.2) is 9.78 Å². The highest BCUT2D eigenvalue weighted by atomic mass is 35.5. The van der Waals surface area contributed by atoms with E-state index in [0.29, 0.717) is 10.8 Å². The lowest BCUT2D eigenvalue weighted by atomic mass is 10.2. The number of nitrogens with zero attached hydrogens (tertiary/aromatic N) is 2. The third-order valence-electron chi connectivity index (χ3n) is 1.74. The summed E-state index contributed by atoms with van der Waals surface area (Å²) in [5.41, 5.74) is 1.35. The van der Waals surface area contributed by atoms with Gasteiger partial charge in [0.1, 0.15) is 10.0 Å². The highest BCUT2D eigenvalue weighted by Crippen LogP contribution is 2.22. The van der Waals surface area contributed by atoms with E-state index in [4.69, 9.17) is 16.7 Å². The third-order valence-corrected chi connectivity index (χ3v) is 2.74. The molecule has 2 rings (SSSR count). The summed E-state index contributed by atoms with van der Waals surface area (Å²) in [6, 6.07) is 4.89.